The number of hydrogen-bond donors (Lipinski definition) is 2. The van der Waals surface area contributed by atoms with Crippen LogP contribution in [0.25, 0.3) is 11.3 Å². The van der Waals surface area contributed by atoms with E-state index in [-0.39, 0.29) is 11.5 Å². The number of hydrogen-bond acceptors (Lipinski definition) is 6. The Morgan fingerprint density at radius 1 is 1.14 bits per heavy atom. The number of benzene rings is 2. The summed E-state index contributed by atoms with van der Waals surface area (Å²) in [6.07, 6.45) is 2.38. The van der Waals surface area contributed by atoms with Crippen LogP contribution in [-0.4, -0.2) is 36.1 Å². The molecule has 0 fully saturated rings. The second-order valence-corrected chi connectivity index (χ2v) is 6.58. The second kappa shape index (κ2) is 7.56. The van der Waals surface area contributed by atoms with Gasteiger partial charge in [-0.25, -0.2) is 9.97 Å². The Bertz CT molecular complexity index is 1020. The van der Waals surface area contributed by atoms with E-state index in [2.05, 4.69) is 20.2 Å². The number of nitrogens with one attached hydrogen (secondary N) is 1. The number of nitrogen functional groups attached to an aromatic ring is 1. The van der Waals surface area contributed by atoms with Crippen molar-refractivity contribution in [3.05, 3.63) is 60.4 Å². The lowest BCUT2D eigenvalue weighted by Gasteiger charge is -2.23. The summed E-state index contributed by atoms with van der Waals surface area (Å²) in [5.74, 6) is 0.383. The number of nitrogens with zero attached hydrogens (tertiary/aromatic N) is 3. The average Bonchev–Trinajstić information content (AvgIpc) is 2.71. The molecule has 0 saturated heterocycles. The van der Waals surface area contributed by atoms with Crippen molar-refractivity contribution in [2.75, 3.05) is 36.1 Å². The van der Waals surface area contributed by atoms with E-state index in [1.807, 2.05) is 55.6 Å². The molecule has 2 bridgehead atoms. The highest BCUT2D eigenvalue weighted by molar-refractivity contribution is 6.07. The Morgan fingerprint density at radius 3 is 2.82 bits per heavy atom. The van der Waals surface area contributed by atoms with Crippen LogP contribution in [0.4, 0.5) is 17.2 Å². The molecule has 0 spiro atoms. The third-order valence-corrected chi connectivity index (χ3v) is 4.64. The highest BCUT2D eigenvalue weighted by Gasteiger charge is 2.19. The largest absolute Gasteiger partial charge is 0.493 e. The molecule has 28 heavy (non-hydrogen) atoms. The zero-order chi connectivity index (χ0) is 19.5. The van der Waals surface area contributed by atoms with Gasteiger partial charge >= 0.3 is 0 Å². The Kier molecular flexibility index (Phi) is 4.80. The van der Waals surface area contributed by atoms with Gasteiger partial charge in [0, 0.05) is 19.2 Å². The molecule has 2 heterocycles. The molecule has 2 aromatic carbocycles. The van der Waals surface area contributed by atoms with Crippen LogP contribution in [0.2, 0.25) is 0 Å². The first kappa shape index (κ1) is 17.8. The van der Waals surface area contributed by atoms with Gasteiger partial charge in [-0.05, 0) is 30.7 Å². The number of para-hydroxylation sites is 3. The van der Waals surface area contributed by atoms with Gasteiger partial charge in [-0.1, -0.05) is 24.3 Å². The second-order valence-electron chi connectivity index (χ2n) is 6.58. The van der Waals surface area contributed by atoms with Crippen molar-refractivity contribution in [3.63, 3.8) is 0 Å². The number of rotatable bonds is 0. The van der Waals surface area contributed by atoms with Gasteiger partial charge in [-0.3, -0.25) is 4.79 Å². The zero-order valence-electron chi connectivity index (χ0n) is 15.6. The molecular weight excluding hydrogens is 354 g/mol. The van der Waals surface area contributed by atoms with Crippen LogP contribution in [-0.2, 0) is 0 Å². The average molecular weight is 375 g/mol. The predicted molar refractivity (Wildman–Crippen MR) is 110 cm³/mol. The van der Waals surface area contributed by atoms with E-state index in [9.17, 15) is 4.79 Å². The van der Waals surface area contributed by atoms with Crippen LogP contribution in [0, 0.1) is 0 Å². The van der Waals surface area contributed by atoms with Crippen molar-refractivity contribution in [2.45, 2.75) is 6.42 Å². The Labute approximate surface area is 163 Å². The van der Waals surface area contributed by atoms with E-state index in [1.165, 1.54) is 0 Å². The summed E-state index contributed by atoms with van der Waals surface area (Å²) in [5.41, 5.74) is 8.96. The van der Waals surface area contributed by atoms with Crippen LogP contribution in [0.3, 0.4) is 0 Å². The van der Waals surface area contributed by atoms with Crippen LogP contribution in [0.15, 0.2) is 54.7 Å². The molecule has 7 nitrogen and oxygen atoms in total. The van der Waals surface area contributed by atoms with Crippen LogP contribution in [0.5, 0.6) is 5.75 Å². The van der Waals surface area contributed by atoms with Gasteiger partial charge in [0.2, 0.25) is 0 Å². The molecular formula is C21H21N5O2. The first-order valence-corrected chi connectivity index (χ1v) is 9.10. The molecule has 142 valence electrons. The number of carbonyl (C=O) groups is 1. The van der Waals surface area contributed by atoms with E-state index < -0.39 is 5.91 Å². The molecule has 4 rings (SSSR count). The summed E-state index contributed by atoms with van der Waals surface area (Å²) in [5, 5.41) is 2.92. The Morgan fingerprint density at radius 2 is 1.93 bits per heavy atom. The predicted octanol–water partition coefficient (Wildman–Crippen LogP) is 3.20. The maximum Gasteiger partial charge on any atom is 0.278 e. The lowest BCUT2D eigenvalue weighted by atomic mass is 10.1. The minimum Gasteiger partial charge on any atom is -0.493 e. The molecule has 0 aliphatic carbocycles. The van der Waals surface area contributed by atoms with Gasteiger partial charge in [-0.15, -0.1) is 0 Å². The third-order valence-electron chi connectivity index (χ3n) is 4.64. The van der Waals surface area contributed by atoms with E-state index in [1.54, 1.807) is 6.20 Å². The molecule has 0 saturated carbocycles. The molecule has 1 aliphatic rings. The van der Waals surface area contributed by atoms with Crippen molar-refractivity contribution >= 4 is 23.1 Å². The number of aromatic nitrogens is 2. The fourth-order valence-corrected chi connectivity index (χ4v) is 3.20. The summed E-state index contributed by atoms with van der Waals surface area (Å²) in [4.78, 5) is 23.7. The normalized spacial score (nSPS) is 14.2. The van der Waals surface area contributed by atoms with Crippen LogP contribution < -0.4 is 20.7 Å². The summed E-state index contributed by atoms with van der Waals surface area (Å²) in [6.45, 7) is 1.34. The fraction of sp³-hybridized carbons (Fsp3) is 0.190. The Balaban J connectivity index is 1.82. The molecule has 3 N–H and O–H groups in total. The van der Waals surface area contributed by atoms with Crippen molar-refractivity contribution in [1.82, 2.24) is 9.97 Å². The maximum absolute atomic E-state index is 12.9. The first-order valence-electron chi connectivity index (χ1n) is 9.10. The standard InChI is InChI=1S/C21H21N5O2/c1-26-11-6-12-28-18-10-5-2-7-14(18)16-13-23-20(22)19(24-16)21(27)25-15-8-3-4-9-17(15)26/h2-5,7-10,13H,6,11-12H2,1H3,(H2,22,23)(H,25,27). The summed E-state index contributed by atoms with van der Waals surface area (Å²) >= 11 is 0. The lowest BCUT2D eigenvalue weighted by molar-refractivity contribution is 0.102. The monoisotopic (exact) mass is 375 g/mol. The Hall–Kier alpha value is -3.61. The quantitative estimate of drug-likeness (QED) is 0.627. The van der Waals surface area contributed by atoms with Crippen molar-refractivity contribution in [3.8, 4) is 17.0 Å². The molecule has 0 atom stereocenters. The van der Waals surface area contributed by atoms with Gasteiger partial charge in [0.25, 0.3) is 5.91 Å². The summed E-state index contributed by atoms with van der Waals surface area (Å²) in [7, 11) is 1.99. The van der Waals surface area contributed by atoms with E-state index in [0.29, 0.717) is 23.7 Å². The SMILES string of the molecule is CN1CCCOc2ccccc2-c2cnc(N)c(n2)C(=O)Nc2ccccc21. The van der Waals surface area contributed by atoms with Gasteiger partial charge in [-0.2, -0.15) is 0 Å². The van der Waals surface area contributed by atoms with E-state index >= 15 is 0 Å². The van der Waals surface area contributed by atoms with Gasteiger partial charge in [0.1, 0.15) is 5.75 Å². The van der Waals surface area contributed by atoms with Crippen molar-refractivity contribution < 1.29 is 9.53 Å². The fourth-order valence-electron chi connectivity index (χ4n) is 3.20. The highest BCUT2D eigenvalue weighted by Crippen LogP contribution is 2.30. The number of carbonyl (C=O) groups excluding carboxylic acids is 1. The lowest BCUT2D eigenvalue weighted by Crippen LogP contribution is -2.24. The summed E-state index contributed by atoms with van der Waals surface area (Å²) in [6, 6.07) is 15.2. The molecule has 0 radical (unpaired) electrons. The zero-order valence-corrected chi connectivity index (χ0v) is 15.6. The minimum atomic E-state index is -0.400. The molecule has 7 heteroatoms. The third kappa shape index (κ3) is 3.46. The molecule has 0 unspecified atom stereocenters. The van der Waals surface area contributed by atoms with Crippen LogP contribution >= 0.6 is 0 Å². The molecule has 1 aromatic heterocycles. The first-order chi connectivity index (χ1) is 13.6. The van der Waals surface area contributed by atoms with E-state index in [0.717, 1.165) is 24.2 Å². The number of anilines is 3. The van der Waals surface area contributed by atoms with Gasteiger partial charge in [0.05, 0.1) is 29.9 Å². The highest BCUT2D eigenvalue weighted by atomic mass is 16.5. The van der Waals surface area contributed by atoms with Crippen LogP contribution in [0.1, 0.15) is 16.9 Å². The number of nitrogens with two attached hydrogens (primary N) is 1. The molecule has 3 aromatic rings. The summed E-state index contributed by atoms with van der Waals surface area (Å²) < 4.78 is 6.00. The minimum absolute atomic E-state index is 0.0811. The maximum atomic E-state index is 12.9. The number of amides is 1. The molecule has 1 aliphatic heterocycles. The molecule has 1 amide bonds. The smallest absolute Gasteiger partial charge is 0.278 e. The topological polar surface area (TPSA) is 93.4 Å². The van der Waals surface area contributed by atoms with Crippen molar-refractivity contribution in [2.24, 2.45) is 0 Å². The van der Waals surface area contributed by atoms with Gasteiger partial charge < -0.3 is 20.7 Å². The van der Waals surface area contributed by atoms with Gasteiger partial charge in [0.15, 0.2) is 11.5 Å². The number of ether oxygens (including phenoxy) is 1. The van der Waals surface area contributed by atoms with Crippen molar-refractivity contribution in [1.29, 1.82) is 0 Å². The van der Waals surface area contributed by atoms with E-state index in [4.69, 9.17) is 10.5 Å². The number of fused-ring (bicyclic) bond motifs is 5.